The number of halogens is 1. The van der Waals surface area contributed by atoms with E-state index in [0.29, 0.717) is 21.6 Å². The first kappa shape index (κ1) is 7.96. The van der Waals surface area contributed by atoms with Crippen LogP contribution >= 0.6 is 11.6 Å². The average Bonchev–Trinajstić information content (AvgIpc) is 2.18. The Morgan fingerprint density at radius 3 is 2.92 bits per heavy atom. The number of rotatable bonds is 0. The number of benzene rings is 1. The molecule has 0 fully saturated rings. The molecule has 2 aromatic rings. The summed E-state index contributed by atoms with van der Waals surface area (Å²) < 4.78 is 0. The van der Waals surface area contributed by atoms with E-state index in [9.17, 15) is 0 Å². The highest BCUT2D eigenvalue weighted by molar-refractivity contribution is 6.34. The third-order valence-electron chi connectivity index (χ3n) is 1.74. The predicted octanol–water partition coefficient (Wildman–Crippen LogP) is 2.15. The Bertz CT molecular complexity index is 502. The molecule has 0 spiro atoms. The van der Waals surface area contributed by atoms with Gasteiger partial charge in [0.25, 0.3) is 0 Å². The van der Waals surface area contributed by atoms with Crippen LogP contribution in [0.3, 0.4) is 0 Å². The second kappa shape index (κ2) is 3.00. The molecule has 0 amide bonds. The highest BCUT2D eigenvalue weighted by Gasteiger charge is 2.04. The molecule has 0 bridgehead atoms. The summed E-state index contributed by atoms with van der Waals surface area (Å²) in [5.74, 6) is 0. The fourth-order valence-electron chi connectivity index (χ4n) is 1.15. The van der Waals surface area contributed by atoms with Crippen molar-refractivity contribution >= 4 is 22.5 Å². The fourth-order valence-corrected chi connectivity index (χ4v) is 1.34. The van der Waals surface area contributed by atoms with E-state index >= 15 is 0 Å². The molecule has 0 radical (unpaired) electrons. The summed E-state index contributed by atoms with van der Waals surface area (Å²) in [6.07, 6.45) is 1.35. The zero-order valence-corrected chi connectivity index (χ0v) is 7.28. The van der Waals surface area contributed by atoms with Gasteiger partial charge in [0.2, 0.25) is 0 Å². The maximum absolute atomic E-state index is 8.77. The molecule has 1 heterocycles. The quantitative estimate of drug-likeness (QED) is 0.597. The molecule has 1 aromatic carbocycles. The molecule has 13 heavy (non-hydrogen) atoms. The molecule has 4 heteroatoms. The summed E-state index contributed by atoms with van der Waals surface area (Å²) in [7, 11) is 0. The van der Waals surface area contributed by atoms with Gasteiger partial charge in [-0.2, -0.15) is 5.26 Å². The number of nitrogens with zero attached hydrogens (tertiary/aromatic N) is 3. The first-order valence-electron chi connectivity index (χ1n) is 3.62. The van der Waals surface area contributed by atoms with Gasteiger partial charge in [0.05, 0.1) is 11.1 Å². The Labute approximate surface area is 79.6 Å². The minimum atomic E-state index is 0.377. The van der Waals surface area contributed by atoms with E-state index in [1.54, 1.807) is 18.2 Å². The topological polar surface area (TPSA) is 49.6 Å². The van der Waals surface area contributed by atoms with Crippen molar-refractivity contribution in [2.45, 2.75) is 0 Å². The number of para-hydroxylation sites is 1. The number of fused-ring (bicyclic) bond motifs is 1. The fraction of sp³-hybridized carbons (Fsp3) is 0. The summed E-state index contributed by atoms with van der Waals surface area (Å²) in [5.41, 5.74) is 1.12. The van der Waals surface area contributed by atoms with E-state index in [1.807, 2.05) is 6.07 Å². The van der Waals surface area contributed by atoms with E-state index in [4.69, 9.17) is 16.9 Å². The first-order chi connectivity index (χ1) is 6.33. The van der Waals surface area contributed by atoms with E-state index in [2.05, 4.69) is 9.97 Å². The monoisotopic (exact) mass is 189 g/mol. The summed E-state index contributed by atoms with van der Waals surface area (Å²) in [5, 5.41) is 9.86. The molecule has 0 saturated heterocycles. The minimum Gasteiger partial charge on any atom is -0.235 e. The van der Waals surface area contributed by atoms with Crippen LogP contribution in [-0.4, -0.2) is 9.97 Å². The van der Waals surface area contributed by atoms with E-state index in [-0.39, 0.29) is 0 Å². The van der Waals surface area contributed by atoms with Crippen molar-refractivity contribution in [3.8, 4) is 6.07 Å². The van der Waals surface area contributed by atoms with Crippen LogP contribution in [0.4, 0.5) is 0 Å². The maximum Gasteiger partial charge on any atom is 0.140 e. The van der Waals surface area contributed by atoms with Crippen LogP contribution in [0.15, 0.2) is 24.5 Å². The van der Waals surface area contributed by atoms with Crippen molar-refractivity contribution in [3.05, 3.63) is 35.2 Å². The van der Waals surface area contributed by atoms with Crippen LogP contribution in [-0.2, 0) is 0 Å². The normalized spacial score (nSPS) is 9.85. The predicted molar refractivity (Wildman–Crippen MR) is 49.3 cm³/mol. The van der Waals surface area contributed by atoms with Gasteiger partial charge in [-0.15, -0.1) is 0 Å². The van der Waals surface area contributed by atoms with E-state index in [1.165, 1.54) is 6.33 Å². The van der Waals surface area contributed by atoms with Gasteiger partial charge >= 0.3 is 0 Å². The van der Waals surface area contributed by atoms with Crippen molar-refractivity contribution in [3.63, 3.8) is 0 Å². The molecule has 62 valence electrons. The number of nitriles is 1. The van der Waals surface area contributed by atoms with Crippen LogP contribution in [0.2, 0.25) is 5.15 Å². The highest BCUT2D eigenvalue weighted by Crippen LogP contribution is 2.20. The van der Waals surface area contributed by atoms with Gasteiger partial charge in [0, 0.05) is 5.39 Å². The Balaban J connectivity index is 2.94. The molecule has 0 saturated carbocycles. The Kier molecular flexibility index (Phi) is 1.84. The van der Waals surface area contributed by atoms with Gasteiger partial charge in [-0.3, -0.25) is 0 Å². The Morgan fingerprint density at radius 2 is 2.15 bits per heavy atom. The standard InChI is InChI=1S/C9H4ClN3/c10-9-7-3-1-2-6(4-11)8(7)12-5-13-9/h1-3,5H. The second-order valence-corrected chi connectivity index (χ2v) is 2.84. The van der Waals surface area contributed by atoms with Crippen molar-refractivity contribution < 1.29 is 0 Å². The second-order valence-electron chi connectivity index (χ2n) is 2.48. The van der Waals surface area contributed by atoms with Gasteiger partial charge in [0.1, 0.15) is 17.5 Å². The van der Waals surface area contributed by atoms with Crippen LogP contribution in [0.5, 0.6) is 0 Å². The zero-order valence-electron chi connectivity index (χ0n) is 6.53. The summed E-state index contributed by atoms with van der Waals surface area (Å²) >= 11 is 5.83. The molecule has 0 unspecified atom stereocenters. The van der Waals surface area contributed by atoms with Gasteiger partial charge in [-0.05, 0) is 12.1 Å². The molecule has 0 aliphatic heterocycles. The maximum atomic E-state index is 8.77. The van der Waals surface area contributed by atoms with Crippen molar-refractivity contribution in [1.82, 2.24) is 9.97 Å². The highest BCUT2D eigenvalue weighted by atomic mass is 35.5. The lowest BCUT2D eigenvalue weighted by Gasteiger charge is -1.98. The molecule has 0 aliphatic rings. The van der Waals surface area contributed by atoms with Crippen molar-refractivity contribution in [2.24, 2.45) is 0 Å². The molecule has 2 rings (SSSR count). The molecule has 0 N–H and O–H groups in total. The van der Waals surface area contributed by atoms with Gasteiger partial charge < -0.3 is 0 Å². The summed E-state index contributed by atoms with van der Waals surface area (Å²) in [4.78, 5) is 7.82. The third-order valence-corrected chi connectivity index (χ3v) is 2.04. The van der Waals surface area contributed by atoms with E-state index < -0.39 is 0 Å². The first-order valence-corrected chi connectivity index (χ1v) is 4.00. The number of aromatic nitrogens is 2. The molecule has 3 nitrogen and oxygen atoms in total. The minimum absolute atomic E-state index is 0.377. The van der Waals surface area contributed by atoms with Crippen LogP contribution < -0.4 is 0 Å². The third kappa shape index (κ3) is 1.21. The smallest absolute Gasteiger partial charge is 0.140 e. The molecular weight excluding hydrogens is 186 g/mol. The molecular formula is C9H4ClN3. The Morgan fingerprint density at radius 1 is 1.31 bits per heavy atom. The summed E-state index contributed by atoms with van der Waals surface area (Å²) in [6.45, 7) is 0. The van der Waals surface area contributed by atoms with Gasteiger partial charge in [-0.1, -0.05) is 17.7 Å². The largest absolute Gasteiger partial charge is 0.235 e. The lowest BCUT2D eigenvalue weighted by Crippen LogP contribution is -1.86. The average molecular weight is 190 g/mol. The van der Waals surface area contributed by atoms with Crippen LogP contribution in [0, 0.1) is 11.3 Å². The lowest BCUT2D eigenvalue weighted by molar-refractivity contribution is 1.22. The van der Waals surface area contributed by atoms with Crippen LogP contribution in [0.1, 0.15) is 5.56 Å². The zero-order chi connectivity index (χ0) is 9.26. The van der Waals surface area contributed by atoms with Gasteiger partial charge in [-0.25, -0.2) is 9.97 Å². The molecule has 0 atom stereocenters. The van der Waals surface area contributed by atoms with Crippen LogP contribution in [0.25, 0.3) is 10.9 Å². The number of hydrogen-bond donors (Lipinski definition) is 0. The molecule has 0 aliphatic carbocycles. The number of hydrogen-bond acceptors (Lipinski definition) is 3. The van der Waals surface area contributed by atoms with Crippen molar-refractivity contribution in [2.75, 3.05) is 0 Å². The van der Waals surface area contributed by atoms with E-state index in [0.717, 1.165) is 0 Å². The lowest BCUT2D eigenvalue weighted by atomic mass is 10.1. The van der Waals surface area contributed by atoms with Crippen molar-refractivity contribution in [1.29, 1.82) is 5.26 Å². The van der Waals surface area contributed by atoms with Gasteiger partial charge in [0.15, 0.2) is 0 Å². The summed E-state index contributed by atoms with van der Waals surface area (Å²) in [6, 6.07) is 7.30. The Hall–Kier alpha value is -1.66. The molecule has 1 aromatic heterocycles. The SMILES string of the molecule is N#Cc1cccc2c(Cl)ncnc12.